The van der Waals surface area contributed by atoms with Crippen LogP contribution in [0.2, 0.25) is 0 Å². The number of carbonyl (C=O) groups excluding carboxylic acids is 1. The van der Waals surface area contributed by atoms with E-state index in [1.807, 2.05) is 30.3 Å². The van der Waals surface area contributed by atoms with Gasteiger partial charge < -0.3 is 11.1 Å². The first kappa shape index (κ1) is 12.1. The molecule has 0 heterocycles. The van der Waals surface area contributed by atoms with E-state index in [4.69, 9.17) is 5.73 Å². The van der Waals surface area contributed by atoms with Crippen LogP contribution < -0.4 is 11.1 Å². The second-order valence-electron chi connectivity index (χ2n) is 4.74. The number of rotatable bonds is 4. The van der Waals surface area contributed by atoms with Crippen LogP contribution in [-0.4, -0.2) is 12.5 Å². The standard InChI is InChI=1S/C14H20N2O/c15-13(11-6-2-1-3-7-11)10-16-14(17)12-8-4-5-9-12/h1-3,6-7,12-13H,4-5,8-10,15H2,(H,16,17). The Balaban J connectivity index is 1.80. The van der Waals surface area contributed by atoms with Crippen molar-refractivity contribution in [2.45, 2.75) is 31.7 Å². The summed E-state index contributed by atoms with van der Waals surface area (Å²) in [7, 11) is 0. The second-order valence-corrected chi connectivity index (χ2v) is 4.74. The Morgan fingerprint density at radius 3 is 2.59 bits per heavy atom. The van der Waals surface area contributed by atoms with Crippen LogP contribution in [0, 0.1) is 5.92 Å². The minimum Gasteiger partial charge on any atom is -0.354 e. The maximum atomic E-state index is 11.8. The third kappa shape index (κ3) is 3.30. The molecule has 0 aromatic heterocycles. The molecule has 92 valence electrons. The van der Waals surface area contributed by atoms with Crippen molar-refractivity contribution < 1.29 is 4.79 Å². The van der Waals surface area contributed by atoms with Gasteiger partial charge in [-0.25, -0.2) is 0 Å². The predicted octanol–water partition coefficient (Wildman–Crippen LogP) is 1.99. The summed E-state index contributed by atoms with van der Waals surface area (Å²) in [6.45, 7) is 0.527. The minimum atomic E-state index is -0.110. The molecule has 1 fully saturated rings. The first-order valence-electron chi connectivity index (χ1n) is 6.35. The van der Waals surface area contributed by atoms with Crippen LogP contribution >= 0.6 is 0 Å². The van der Waals surface area contributed by atoms with E-state index in [1.54, 1.807) is 0 Å². The van der Waals surface area contributed by atoms with E-state index in [2.05, 4.69) is 5.32 Å². The SMILES string of the molecule is NC(CNC(=O)C1CCCC1)c1ccccc1. The molecule has 3 nitrogen and oxygen atoms in total. The highest BCUT2D eigenvalue weighted by Gasteiger charge is 2.22. The molecule has 2 rings (SSSR count). The largest absolute Gasteiger partial charge is 0.354 e. The molecule has 1 aromatic carbocycles. The number of amides is 1. The Labute approximate surface area is 102 Å². The summed E-state index contributed by atoms with van der Waals surface area (Å²) in [6.07, 6.45) is 4.43. The first-order chi connectivity index (χ1) is 8.27. The molecule has 17 heavy (non-hydrogen) atoms. The molecule has 1 atom stereocenters. The van der Waals surface area contributed by atoms with Crippen molar-refractivity contribution in [2.24, 2.45) is 11.7 Å². The van der Waals surface area contributed by atoms with Gasteiger partial charge in [-0.1, -0.05) is 43.2 Å². The molecule has 1 amide bonds. The molecule has 0 radical (unpaired) electrons. The van der Waals surface area contributed by atoms with Gasteiger partial charge in [-0.15, -0.1) is 0 Å². The summed E-state index contributed by atoms with van der Waals surface area (Å²) >= 11 is 0. The first-order valence-corrected chi connectivity index (χ1v) is 6.35. The van der Waals surface area contributed by atoms with Crippen LogP contribution in [0.1, 0.15) is 37.3 Å². The molecule has 1 aliphatic rings. The highest BCUT2D eigenvalue weighted by molar-refractivity contribution is 5.78. The molecule has 1 unspecified atom stereocenters. The van der Waals surface area contributed by atoms with E-state index in [0.717, 1.165) is 18.4 Å². The molecule has 1 aromatic rings. The maximum absolute atomic E-state index is 11.8. The normalized spacial score (nSPS) is 17.9. The van der Waals surface area contributed by atoms with E-state index < -0.39 is 0 Å². The Morgan fingerprint density at radius 2 is 1.94 bits per heavy atom. The lowest BCUT2D eigenvalue weighted by Crippen LogP contribution is -2.35. The van der Waals surface area contributed by atoms with Crippen molar-refractivity contribution in [1.29, 1.82) is 0 Å². The highest BCUT2D eigenvalue weighted by atomic mass is 16.1. The fraction of sp³-hybridized carbons (Fsp3) is 0.500. The van der Waals surface area contributed by atoms with Crippen LogP contribution in [0.15, 0.2) is 30.3 Å². The highest BCUT2D eigenvalue weighted by Crippen LogP contribution is 2.24. The molecular weight excluding hydrogens is 212 g/mol. The summed E-state index contributed by atoms with van der Waals surface area (Å²) in [5, 5.41) is 2.96. The van der Waals surface area contributed by atoms with E-state index in [-0.39, 0.29) is 17.9 Å². The van der Waals surface area contributed by atoms with Gasteiger partial charge in [0.2, 0.25) is 5.91 Å². The van der Waals surface area contributed by atoms with Gasteiger partial charge in [0.25, 0.3) is 0 Å². The molecule has 0 bridgehead atoms. The van der Waals surface area contributed by atoms with Gasteiger partial charge in [0.05, 0.1) is 0 Å². The molecule has 1 aliphatic carbocycles. The zero-order valence-electron chi connectivity index (χ0n) is 10.1. The van der Waals surface area contributed by atoms with Crippen LogP contribution in [0.5, 0.6) is 0 Å². The van der Waals surface area contributed by atoms with Gasteiger partial charge in [0.15, 0.2) is 0 Å². The van der Waals surface area contributed by atoms with Crippen molar-refractivity contribution in [3.8, 4) is 0 Å². The van der Waals surface area contributed by atoms with Gasteiger partial charge in [0, 0.05) is 18.5 Å². The van der Waals surface area contributed by atoms with Gasteiger partial charge in [-0.2, -0.15) is 0 Å². The van der Waals surface area contributed by atoms with Crippen molar-refractivity contribution in [3.63, 3.8) is 0 Å². The van der Waals surface area contributed by atoms with Crippen molar-refractivity contribution in [2.75, 3.05) is 6.54 Å². The van der Waals surface area contributed by atoms with Crippen molar-refractivity contribution in [3.05, 3.63) is 35.9 Å². The summed E-state index contributed by atoms with van der Waals surface area (Å²) in [5.41, 5.74) is 7.10. The summed E-state index contributed by atoms with van der Waals surface area (Å²) in [5.74, 6) is 0.395. The van der Waals surface area contributed by atoms with Crippen molar-refractivity contribution >= 4 is 5.91 Å². The molecule has 3 heteroatoms. The molecular formula is C14H20N2O. The van der Waals surface area contributed by atoms with Crippen LogP contribution in [0.4, 0.5) is 0 Å². The predicted molar refractivity (Wildman–Crippen MR) is 68.3 cm³/mol. The number of nitrogens with one attached hydrogen (secondary N) is 1. The van der Waals surface area contributed by atoms with Crippen molar-refractivity contribution in [1.82, 2.24) is 5.32 Å². The average molecular weight is 232 g/mol. The molecule has 0 saturated heterocycles. The quantitative estimate of drug-likeness (QED) is 0.834. The maximum Gasteiger partial charge on any atom is 0.223 e. The smallest absolute Gasteiger partial charge is 0.223 e. The Bertz CT molecular complexity index is 358. The zero-order chi connectivity index (χ0) is 12.1. The van der Waals surface area contributed by atoms with E-state index >= 15 is 0 Å². The lowest BCUT2D eigenvalue weighted by atomic mass is 10.1. The van der Waals surface area contributed by atoms with E-state index in [1.165, 1.54) is 12.8 Å². The van der Waals surface area contributed by atoms with Gasteiger partial charge in [0.1, 0.15) is 0 Å². The number of hydrogen-bond acceptors (Lipinski definition) is 2. The average Bonchev–Trinajstić information content (AvgIpc) is 2.90. The third-order valence-electron chi connectivity index (χ3n) is 3.45. The Hall–Kier alpha value is -1.35. The zero-order valence-corrected chi connectivity index (χ0v) is 10.1. The van der Waals surface area contributed by atoms with E-state index in [0.29, 0.717) is 6.54 Å². The fourth-order valence-electron chi connectivity index (χ4n) is 2.36. The number of nitrogens with two attached hydrogens (primary N) is 1. The molecule has 3 N–H and O–H groups in total. The number of benzene rings is 1. The van der Waals surface area contributed by atoms with Crippen LogP contribution in [0.25, 0.3) is 0 Å². The van der Waals surface area contributed by atoms with E-state index in [9.17, 15) is 4.79 Å². The van der Waals surface area contributed by atoms with Gasteiger partial charge in [-0.3, -0.25) is 4.79 Å². The summed E-state index contributed by atoms with van der Waals surface area (Å²) < 4.78 is 0. The Morgan fingerprint density at radius 1 is 1.29 bits per heavy atom. The van der Waals surface area contributed by atoms with Crippen LogP contribution in [0.3, 0.4) is 0 Å². The number of carbonyl (C=O) groups is 1. The summed E-state index contributed by atoms with van der Waals surface area (Å²) in [4.78, 5) is 11.8. The van der Waals surface area contributed by atoms with Gasteiger partial charge in [-0.05, 0) is 18.4 Å². The second kappa shape index (κ2) is 5.82. The third-order valence-corrected chi connectivity index (χ3v) is 3.45. The Kier molecular flexibility index (Phi) is 4.15. The minimum absolute atomic E-state index is 0.110. The number of hydrogen-bond donors (Lipinski definition) is 2. The topological polar surface area (TPSA) is 55.1 Å². The fourth-order valence-corrected chi connectivity index (χ4v) is 2.36. The monoisotopic (exact) mass is 232 g/mol. The molecule has 0 spiro atoms. The van der Waals surface area contributed by atoms with Gasteiger partial charge >= 0.3 is 0 Å². The summed E-state index contributed by atoms with van der Waals surface area (Å²) in [6, 6.07) is 9.77. The van der Waals surface area contributed by atoms with Crippen LogP contribution in [-0.2, 0) is 4.79 Å². The lowest BCUT2D eigenvalue weighted by Gasteiger charge is -2.15. The molecule has 0 aliphatic heterocycles. The molecule has 1 saturated carbocycles. The lowest BCUT2D eigenvalue weighted by molar-refractivity contribution is -0.124.